The molecule has 2 aromatic rings. The summed E-state index contributed by atoms with van der Waals surface area (Å²) in [5.41, 5.74) is 8.24. The van der Waals surface area contributed by atoms with Crippen LogP contribution in [0.15, 0.2) is 18.2 Å². The number of ether oxygens (including phenoxy) is 1. The highest BCUT2D eigenvalue weighted by molar-refractivity contribution is 5.91. The van der Waals surface area contributed by atoms with Crippen LogP contribution in [-0.2, 0) is 18.3 Å². The third-order valence-electron chi connectivity index (χ3n) is 2.57. The molecule has 84 valence electrons. The number of aromatic nitrogens is 2. The highest BCUT2D eigenvalue weighted by Crippen LogP contribution is 2.19. The van der Waals surface area contributed by atoms with E-state index in [1.165, 1.54) is 7.11 Å². The van der Waals surface area contributed by atoms with Gasteiger partial charge in [-0.05, 0) is 11.6 Å². The summed E-state index contributed by atoms with van der Waals surface area (Å²) >= 11 is 0. The van der Waals surface area contributed by atoms with Crippen molar-refractivity contribution in [3.63, 3.8) is 0 Å². The normalized spacial score (nSPS) is 10.7. The van der Waals surface area contributed by atoms with Crippen LogP contribution in [0.25, 0.3) is 11.0 Å². The van der Waals surface area contributed by atoms with Crippen molar-refractivity contribution in [3.8, 4) is 0 Å². The van der Waals surface area contributed by atoms with E-state index in [0.29, 0.717) is 12.4 Å². The fraction of sp³-hybridized carbons (Fsp3) is 0.273. The molecule has 2 rings (SSSR count). The minimum absolute atomic E-state index is 0.290. The van der Waals surface area contributed by atoms with Gasteiger partial charge in [-0.15, -0.1) is 0 Å². The van der Waals surface area contributed by atoms with Gasteiger partial charge in [-0.1, -0.05) is 12.1 Å². The first-order valence-corrected chi connectivity index (χ1v) is 4.91. The van der Waals surface area contributed by atoms with Gasteiger partial charge < -0.3 is 15.0 Å². The lowest BCUT2D eigenvalue weighted by atomic mass is 10.2. The van der Waals surface area contributed by atoms with Gasteiger partial charge in [-0.25, -0.2) is 9.78 Å². The third-order valence-corrected chi connectivity index (χ3v) is 2.57. The maximum Gasteiger partial charge on any atom is 0.374 e. The Morgan fingerprint density at radius 1 is 1.56 bits per heavy atom. The van der Waals surface area contributed by atoms with Crippen LogP contribution in [0.4, 0.5) is 0 Å². The van der Waals surface area contributed by atoms with E-state index in [9.17, 15) is 4.79 Å². The fourth-order valence-corrected chi connectivity index (χ4v) is 1.79. The van der Waals surface area contributed by atoms with E-state index in [0.717, 1.165) is 16.6 Å². The molecule has 2 N–H and O–H groups in total. The summed E-state index contributed by atoms with van der Waals surface area (Å²) in [6.07, 6.45) is 0. The monoisotopic (exact) mass is 219 g/mol. The van der Waals surface area contributed by atoms with Crippen molar-refractivity contribution in [2.45, 2.75) is 6.54 Å². The van der Waals surface area contributed by atoms with Crippen LogP contribution >= 0.6 is 0 Å². The van der Waals surface area contributed by atoms with Gasteiger partial charge in [-0.3, -0.25) is 0 Å². The third kappa shape index (κ3) is 1.45. The predicted molar refractivity (Wildman–Crippen MR) is 59.9 cm³/mol. The van der Waals surface area contributed by atoms with Crippen molar-refractivity contribution in [3.05, 3.63) is 29.6 Å². The molecule has 1 heterocycles. The number of methoxy groups -OCH3 is 1. The molecule has 0 spiro atoms. The summed E-state index contributed by atoms with van der Waals surface area (Å²) in [5.74, 6) is -0.153. The molecule has 0 fully saturated rings. The number of carbonyl (C=O) groups excluding carboxylic acids is 1. The van der Waals surface area contributed by atoms with Gasteiger partial charge in [0, 0.05) is 13.6 Å². The molecule has 0 aliphatic rings. The van der Waals surface area contributed by atoms with E-state index in [1.54, 1.807) is 11.6 Å². The Kier molecular flexibility index (Phi) is 2.62. The zero-order valence-corrected chi connectivity index (χ0v) is 9.23. The van der Waals surface area contributed by atoms with Crippen LogP contribution in [0, 0.1) is 0 Å². The van der Waals surface area contributed by atoms with Crippen LogP contribution in [0.5, 0.6) is 0 Å². The van der Waals surface area contributed by atoms with Crippen molar-refractivity contribution in [1.82, 2.24) is 9.55 Å². The number of carbonyl (C=O) groups is 1. The van der Waals surface area contributed by atoms with Crippen LogP contribution in [0.1, 0.15) is 16.2 Å². The molecule has 0 saturated carbocycles. The highest BCUT2D eigenvalue weighted by Gasteiger charge is 2.16. The molecule has 0 unspecified atom stereocenters. The maximum atomic E-state index is 11.5. The number of aryl methyl sites for hydroxylation is 1. The number of nitrogens with two attached hydrogens (primary N) is 1. The Morgan fingerprint density at radius 3 is 2.94 bits per heavy atom. The summed E-state index contributed by atoms with van der Waals surface area (Å²) in [6.45, 7) is 0.414. The maximum absolute atomic E-state index is 11.5. The second-order valence-electron chi connectivity index (χ2n) is 3.48. The summed E-state index contributed by atoms with van der Waals surface area (Å²) < 4.78 is 6.38. The summed E-state index contributed by atoms with van der Waals surface area (Å²) in [6, 6.07) is 5.64. The van der Waals surface area contributed by atoms with E-state index >= 15 is 0 Å². The van der Waals surface area contributed by atoms with Crippen LogP contribution in [0.3, 0.4) is 0 Å². The van der Waals surface area contributed by atoms with Crippen molar-refractivity contribution in [2.24, 2.45) is 12.8 Å². The Bertz CT molecular complexity index is 545. The van der Waals surface area contributed by atoms with E-state index in [2.05, 4.69) is 9.72 Å². The molecule has 5 nitrogen and oxygen atoms in total. The topological polar surface area (TPSA) is 70.1 Å². The molecule has 0 aliphatic carbocycles. The molecule has 1 aromatic carbocycles. The number of imidazole rings is 1. The van der Waals surface area contributed by atoms with Crippen molar-refractivity contribution in [2.75, 3.05) is 7.11 Å². The molecule has 0 saturated heterocycles. The number of hydrogen-bond acceptors (Lipinski definition) is 4. The van der Waals surface area contributed by atoms with Crippen LogP contribution in [0.2, 0.25) is 0 Å². The number of benzene rings is 1. The molecular weight excluding hydrogens is 206 g/mol. The van der Waals surface area contributed by atoms with Gasteiger partial charge in [0.15, 0.2) is 0 Å². The molecule has 0 atom stereocenters. The van der Waals surface area contributed by atoms with Crippen LogP contribution in [-0.4, -0.2) is 22.6 Å². The standard InChI is InChI=1S/C11H13N3O2/c1-14-9-7(6-12)4-3-5-8(9)13-10(14)11(15)16-2/h3-5H,6,12H2,1-2H3. The van der Waals surface area contributed by atoms with E-state index in [4.69, 9.17) is 5.73 Å². The van der Waals surface area contributed by atoms with Gasteiger partial charge in [0.05, 0.1) is 18.1 Å². The molecular formula is C11H13N3O2. The molecule has 5 heteroatoms. The van der Waals surface area contributed by atoms with Gasteiger partial charge >= 0.3 is 5.97 Å². The van der Waals surface area contributed by atoms with Gasteiger partial charge in [0.1, 0.15) is 0 Å². The summed E-state index contributed by atoms with van der Waals surface area (Å²) in [5, 5.41) is 0. The first-order valence-electron chi connectivity index (χ1n) is 4.91. The summed E-state index contributed by atoms with van der Waals surface area (Å²) in [7, 11) is 3.12. The first-order chi connectivity index (χ1) is 7.69. The number of para-hydroxylation sites is 1. The Balaban J connectivity index is 2.73. The predicted octanol–water partition coefficient (Wildman–Crippen LogP) is 0.819. The van der Waals surface area contributed by atoms with Crippen molar-refractivity contribution < 1.29 is 9.53 Å². The lowest BCUT2D eigenvalue weighted by molar-refractivity contribution is 0.0583. The Morgan fingerprint density at radius 2 is 2.31 bits per heavy atom. The van der Waals surface area contributed by atoms with E-state index in [1.807, 2.05) is 18.2 Å². The number of nitrogens with zero attached hydrogens (tertiary/aromatic N) is 2. The van der Waals surface area contributed by atoms with E-state index in [-0.39, 0.29) is 0 Å². The van der Waals surface area contributed by atoms with Crippen LogP contribution < -0.4 is 5.73 Å². The molecule has 0 aliphatic heterocycles. The zero-order valence-electron chi connectivity index (χ0n) is 9.23. The first kappa shape index (κ1) is 10.6. The van der Waals surface area contributed by atoms with Gasteiger partial charge in [-0.2, -0.15) is 0 Å². The quantitative estimate of drug-likeness (QED) is 0.759. The minimum atomic E-state index is -0.443. The summed E-state index contributed by atoms with van der Waals surface area (Å²) in [4.78, 5) is 15.7. The number of fused-ring (bicyclic) bond motifs is 1. The average molecular weight is 219 g/mol. The smallest absolute Gasteiger partial charge is 0.374 e. The molecule has 16 heavy (non-hydrogen) atoms. The SMILES string of the molecule is COC(=O)c1nc2cccc(CN)c2n1C. The zero-order chi connectivity index (χ0) is 11.7. The van der Waals surface area contributed by atoms with E-state index < -0.39 is 5.97 Å². The second-order valence-corrected chi connectivity index (χ2v) is 3.48. The second kappa shape index (κ2) is 3.94. The number of rotatable bonds is 2. The highest BCUT2D eigenvalue weighted by atomic mass is 16.5. The van der Waals surface area contributed by atoms with Gasteiger partial charge in [0.2, 0.25) is 5.82 Å². The molecule has 0 amide bonds. The fourth-order valence-electron chi connectivity index (χ4n) is 1.79. The van der Waals surface area contributed by atoms with Crippen molar-refractivity contribution >= 4 is 17.0 Å². The van der Waals surface area contributed by atoms with Gasteiger partial charge in [0.25, 0.3) is 0 Å². The number of hydrogen-bond donors (Lipinski definition) is 1. The lowest BCUT2D eigenvalue weighted by Gasteiger charge is -2.03. The largest absolute Gasteiger partial charge is 0.463 e. The Labute approximate surface area is 92.8 Å². The average Bonchev–Trinajstić information content (AvgIpc) is 2.66. The lowest BCUT2D eigenvalue weighted by Crippen LogP contribution is -2.09. The van der Waals surface area contributed by atoms with Crippen molar-refractivity contribution in [1.29, 1.82) is 0 Å². The molecule has 0 radical (unpaired) electrons. The minimum Gasteiger partial charge on any atom is -0.463 e. The molecule has 1 aromatic heterocycles. The number of esters is 1. The Hall–Kier alpha value is -1.88. The molecule has 0 bridgehead atoms.